The number of hydrogen-bond acceptors (Lipinski definition) is 5. The number of nitrogens with zero attached hydrogens (tertiary/aromatic N) is 4. The molecule has 106 valence electrons. The summed E-state index contributed by atoms with van der Waals surface area (Å²) in [6.07, 6.45) is 2.82. The zero-order valence-corrected chi connectivity index (χ0v) is 12.0. The van der Waals surface area contributed by atoms with E-state index < -0.39 is 10.0 Å². The SMILES string of the molecule is Cc1ccc2c(n1)OCCN2S(=O)(=O)c1cnn(C)c1. The van der Waals surface area contributed by atoms with Crippen LogP contribution in [0, 0.1) is 6.92 Å². The largest absolute Gasteiger partial charge is 0.474 e. The number of pyridine rings is 1. The van der Waals surface area contributed by atoms with Crippen LogP contribution in [0.2, 0.25) is 0 Å². The monoisotopic (exact) mass is 294 g/mol. The molecule has 0 N–H and O–H groups in total. The van der Waals surface area contributed by atoms with Crippen LogP contribution in [0.3, 0.4) is 0 Å². The van der Waals surface area contributed by atoms with Crippen molar-refractivity contribution in [2.75, 3.05) is 17.5 Å². The summed E-state index contributed by atoms with van der Waals surface area (Å²) in [6, 6.07) is 3.48. The number of anilines is 1. The van der Waals surface area contributed by atoms with Crippen molar-refractivity contribution in [3.8, 4) is 5.88 Å². The minimum atomic E-state index is -3.64. The standard InChI is InChI=1S/C12H14N4O3S/c1-9-3-4-11-12(14-9)19-6-5-16(11)20(17,18)10-7-13-15(2)8-10/h3-4,7-8H,5-6H2,1-2H3. The van der Waals surface area contributed by atoms with E-state index in [4.69, 9.17) is 4.74 Å². The number of aromatic nitrogens is 3. The highest BCUT2D eigenvalue weighted by Gasteiger charge is 2.31. The van der Waals surface area contributed by atoms with Gasteiger partial charge in [-0.25, -0.2) is 13.4 Å². The molecule has 0 aliphatic carbocycles. The van der Waals surface area contributed by atoms with Gasteiger partial charge in [-0.15, -0.1) is 0 Å². The fourth-order valence-corrected chi connectivity index (χ4v) is 3.51. The van der Waals surface area contributed by atoms with Crippen molar-refractivity contribution in [2.45, 2.75) is 11.8 Å². The van der Waals surface area contributed by atoms with Crippen LogP contribution in [0.4, 0.5) is 5.69 Å². The van der Waals surface area contributed by atoms with E-state index in [9.17, 15) is 8.42 Å². The van der Waals surface area contributed by atoms with Crippen LogP contribution in [-0.4, -0.2) is 36.3 Å². The Labute approximate surface area is 116 Å². The Morgan fingerprint density at radius 2 is 2.15 bits per heavy atom. The second-order valence-corrected chi connectivity index (χ2v) is 6.41. The first-order valence-corrected chi connectivity index (χ1v) is 7.54. The molecule has 0 aromatic carbocycles. The van der Waals surface area contributed by atoms with Gasteiger partial charge < -0.3 is 4.74 Å². The smallest absolute Gasteiger partial charge is 0.267 e. The van der Waals surface area contributed by atoms with Crippen LogP contribution in [0.25, 0.3) is 0 Å². The van der Waals surface area contributed by atoms with Crippen LogP contribution in [0.15, 0.2) is 29.4 Å². The van der Waals surface area contributed by atoms with E-state index in [1.165, 1.54) is 21.4 Å². The van der Waals surface area contributed by atoms with Crippen molar-refractivity contribution in [1.82, 2.24) is 14.8 Å². The van der Waals surface area contributed by atoms with Crippen LogP contribution in [0.5, 0.6) is 5.88 Å². The normalized spacial score (nSPS) is 14.8. The van der Waals surface area contributed by atoms with Gasteiger partial charge in [-0.05, 0) is 19.1 Å². The van der Waals surface area contributed by atoms with Crippen molar-refractivity contribution in [2.24, 2.45) is 7.05 Å². The lowest BCUT2D eigenvalue weighted by molar-refractivity contribution is 0.302. The van der Waals surface area contributed by atoms with Crippen LogP contribution >= 0.6 is 0 Å². The van der Waals surface area contributed by atoms with Gasteiger partial charge in [0.15, 0.2) is 0 Å². The Kier molecular flexibility index (Phi) is 2.89. The zero-order valence-electron chi connectivity index (χ0n) is 11.1. The molecule has 0 atom stereocenters. The second-order valence-electron chi connectivity index (χ2n) is 4.55. The summed E-state index contributed by atoms with van der Waals surface area (Å²) in [5.41, 5.74) is 1.25. The third-order valence-electron chi connectivity index (χ3n) is 3.05. The van der Waals surface area contributed by atoms with Gasteiger partial charge in [0.25, 0.3) is 10.0 Å². The van der Waals surface area contributed by atoms with Crippen molar-refractivity contribution in [3.63, 3.8) is 0 Å². The van der Waals surface area contributed by atoms with Gasteiger partial charge in [-0.3, -0.25) is 8.99 Å². The van der Waals surface area contributed by atoms with Crippen LogP contribution in [0.1, 0.15) is 5.69 Å². The number of hydrogen-bond donors (Lipinski definition) is 0. The van der Waals surface area contributed by atoms with Crippen molar-refractivity contribution >= 4 is 15.7 Å². The van der Waals surface area contributed by atoms with Gasteiger partial charge >= 0.3 is 0 Å². The molecule has 1 aliphatic rings. The van der Waals surface area contributed by atoms with E-state index in [1.54, 1.807) is 19.2 Å². The molecule has 2 aromatic rings. The highest BCUT2D eigenvalue weighted by Crippen LogP contribution is 2.33. The average molecular weight is 294 g/mol. The molecule has 3 rings (SSSR count). The van der Waals surface area contributed by atoms with Crippen molar-refractivity contribution in [1.29, 1.82) is 0 Å². The van der Waals surface area contributed by atoms with Gasteiger partial charge in [-0.1, -0.05) is 0 Å². The molecule has 3 heterocycles. The molecule has 1 aliphatic heterocycles. The summed E-state index contributed by atoms with van der Waals surface area (Å²) in [5.74, 6) is 0.351. The quantitative estimate of drug-likeness (QED) is 0.815. The molecule has 0 radical (unpaired) electrons. The first kappa shape index (κ1) is 12.9. The first-order valence-electron chi connectivity index (χ1n) is 6.10. The summed E-state index contributed by atoms with van der Waals surface area (Å²) in [4.78, 5) is 4.39. The van der Waals surface area contributed by atoms with E-state index in [0.717, 1.165) is 5.69 Å². The third-order valence-corrected chi connectivity index (χ3v) is 4.82. The molecule has 0 spiro atoms. The predicted octanol–water partition coefficient (Wildman–Crippen LogP) is 0.711. The molecule has 0 bridgehead atoms. The minimum absolute atomic E-state index is 0.161. The van der Waals surface area contributed by atoms with E-state index in [-0.39, 0.29) is 18.0 Å². The molecule has 0 unspecified atom stereocenters. The molecule has 2 aromatic heterocycles. The number of ether oxygens (including phenoxy) is 1. The second kappa shape index (κ2) is 4.48. The van der Waals surface area contributed by atoms with Gasteiger partial charge in [0.05, 0.1) is 12.7 Å². The lowest BCUT2D eigenvalue weighted by Crippen LogP contribution is -2.38. The lowest BCUT2D eigenvalue weighted by Gasteiger charge is -2.29. The number of fused-ring (bicyclic) bond motifs is 1. The molecule has 20 heavy (non-hydrogen) atoms. The average Bonchev–Trinajstić information content (AvgIpc) is 2.85. The molecule has 8 heteroatoms. The van der Waals surface area contributed by atoms with Gasteiger partial charge in [0, 0.05) is 18.9 Å². The van der Waals surface area contributed by atoms with Gasteiger partial charge in [-0.2, -0.15) is 5.10 Å². The molecule has 0 saturated carbocycles. The van der Waals surface area contributed by atoms with Gasteiger partial charge in [0.2, 0.25) is 5.88 Å². The maximum absolute atomic E-state index is 12.6. The summed E-state index contributed by atoms with van der Waals surface area (Å²) in [6.45, 7) is 2.37. The molecule has 0 amide bonds. The topological polar surface area (TPSA) is 77.3 Å². The summed E-state index contributed by atoms with van der Waals surface area (Å²) in [7, 11) is -1.96. The number of sulfonamides is 1. The molecule has 0 fully saturated rings. The highest BCUT2D eigenvalue weighted by atomic mass is 32.2. The summed E-state index contributed by atoms with van der Waals surface area (Å²) < 4.78 is 33.5. The van der Waals surface area contributed by atoms with E-state index in [2.05, 4.69) is 10.1 Å². The number of rotatable bonds is 2. The maximum Gasteiger partial charge on any atom is 0.267 e. The Hall–Kier alpha value is -2.09. The van der Waals surface area contributed by atoms with Crippen LogP contribution in [-0.2, 0) is 17.1 Å². The molecular weight excluding hydrogens is 280 g/mol. The summed E-state index contributed by atoms with van der Waals surface area (Å²) >= 11 is 0. The first-order chi connectivity index (χ1) is 9.48. The van der Waals surface area contributed by atoms with E-state index in [0.29, 0.717) is 11.6 Å². The Bertz CT molecular complexity index is 754. The Morgan fingerprint density at radius 3 is 2.85 bits per heavy atom. The predicted molar refractivity (Wildman–Crippen MR) is 72.2 cm³/mol. The Morgan fingerprint density at radius 1 is 1.35 bits per heavy atom. The third kappa shape index (κ3) is 2.01. The van der Waals surface area contributed by atoms with Crippen molar-refractivity contribution < 1.29 is 13.2 Å². The fourth-order valence-electron chi connectivity index (χ4n) is 2.08. The molecule has 7 nitrogen and oxygen atoms in total. The number of aryl methyl sites for hydroxylation is 2. The zero-order chi connectivity index (χ0) is 14.3. The minimum Gasteiger partial charge on any atom is -0.474 e. The van der Waals surface area contributed by atoms with E-state index >= 15 is 0 Å². The lowest BCUT2D eigenvalue weighted by atomic mass is 10.3. The van der Waals surface area contributed by atoms with E-state index in [1.807, 2.05) is 6.92 Å². The van der Waals surface area contributed by atoms with Crippen LogP contribution < -0.4 is 9.04 Å². The molecule has 0 saturated heterocycles. The highest BCUT2D eigenvalue weighted by molar-refractivity contribution is 7.92. The fraction of sp³-hybridized carbons (Fsp3) is 0.333. The van der Waals surface area contributed by atoms with Crippen molar-refractivity contribution in [3.05, 3.63) is 30.2 Å². The maximum atomic E-state index is 12.6. The van der Waals surface area contributed by atoms with Gasteiger partial charge in [0.1, 0.15) is 17.2 Å². The molecular formula is C12H14N4O3S. The Balaban J connectivity index is 2.08. The summed E-state index contributed by atoms with van der Waals surface area (Å²) in [5, 5.41) is 3.91.